The Hall–Kier alpha value is -1.41. The van der Waals surface area contributed by atoms with Crippen molar-refractivity contribution in [2.45, 2.75) is 32.0 Å². The van der Waals surface area contributed by atoms with Gasteiger partial charge in [0.05, 0.1) is 6.10 Å². The second kappa shape index (κ2) is 6.57. The van der Waals surface area contributed by atoms with Crippen LogP contribution in [0.25, 0.3) is 0 Å². The minimum absolute atomic E-state index is 0.217. The first-order valence-electron chi connectivity index (χ1n) is 7.07. The van der Waals surface area contributed by atoms with Gasteiger partial charge < -0.3 is 14.4 Å². The molecule has 2 rings (SSSR count). The number of β-amino-alcohol motifs (C(OH)–C–C–N with tert-alkyl or cyclic N) is 1. The van der Waals surface area contributed by atoms with Crippen LogP contribution in [0.4, 0.5) is 0 Å². The normalized spacial score (nSPS) is 23.0. The van der Waals surface area contributed by atoms with E-state index in [0.29, 0.717) is 24.9 Å². The predicted octanol–water partition coefficient (Wildman–Crippen LogP) is -0.312. The van der Waals surface area contributed by atoms with Crippen LogP contribution in [0.1, 0.15) is 28.3 Å². The largest absolute Gasteiger partial charge is 0.456 e. The highest BCUT2D eigenvalue weighted by molar-refractivity contribution is 5.91. The van der Waals surface area contributed by atoms with Crippen LogP contribution in [0.15, 0.2) is 10.5 Å². The Morgan fingerprint density at radius 3 is 2.95 bits per heavy atom. The number of hydrogen-bond acceptors (Lipinski definition) is 6. The van der Waals surface area contributed by atoms with E-state index in [1.807, 2.05) is 21.0 Å². The number of hydrogen-bond donors (Lipinski definition) is 3. The van der Waals surface area contributed by atoms with Crippen molar-refractivity contribution in [2.24, 2.45) is 5.84 Å². The molecule has 0 aliphatic carbocycles. The fourth-order valence-electron chi connectivity index (χ4n) is 2.84. The lowest BCUT2D eigenvalue weighted by Crippen LogP contribution is -2.37. The molecule has 2 atom stereocenters. The molecule has 2 heterocycles. The van der Waals surface area contributed by atoms with E-state index < -0.39 is 5.91 Å². The molecule has 0 aromatic carbocycles. The van der Waals surface area contributed by atoms with Gasteiger partial charge in [-0.15, -0.1) is 0 Å². The molecule has 1 aliphatic rings. The first-order valence-corrected chi connectivity index (χ1v) is 7.07. The summed E-state index contributed by atoms with van der Waals surface area (Å²) in [6, 6.07) is 2.02. The first kappa shape index (κ1) is 16.0. The van der Waals surface area contributed by atoms with Crippen molar-refractivity contribution in [1.82, 2.24) is 15.2 Å². The van der Waals surface area contributed by atoms with Gasteiger partial charge in [0.2, 0.25) is 0 Å². The Morgan fingerprint density at radius 2 is 2.33 bits per heavy atom. The topological polar surface area (TPSA) is 95.0 Å². The van der Waals surface area contributed by atoms with E-state index in [-0.39, 0.29) is 11.9 Å². The highest BCUT2D eigenvalue weighted by atomic mass is 16.4. The standard InChI is InChI=1S/C14H24N4O3/c1-9-10(4-13(21-9)14(20)16-15)6-18-8-12(19)5-11(18)7-17(2)3/h4,11-12,19H,5-8,15H2,1-3H3,(H,16,20). The lowest BCUT2D eigenvalue weighted by Gasteiger charge is -2.26. The van der Waals surface area contributed by atoms with Gasteiger partial charge in [0.1, 0.15) is 5.76 Å². The average molecular weight is 296 g/mol. The van der Waals surface area contributed by atoms with E-state index in [1.54, 1.807) is 6.07 Å². The maximum absolute atomic E-state index is 11.5. The third kappa shape index (κ3) is 3.82. The number of likely N-dealkylation sites (tertiary alicyclic amines) is 1. The van der Waals surface area contributed by atoms with Gasteiger partial charge in [-0.1, -0.05) is 0 Å². The zero-order chi connectivity index (χ0) is 15.6. The highest BCUT2D eigenvalue weighted by Gasteiger charge is 2.31. The number of nitrogens with zero attached hydrogens (tertiary/aromatic N) is 2. The monoisotopic (exact) mass is 296 g/mol. The van der Waals surface area contributed by atoms with Crippen LogP contribution in [-0.4, -0.2) is 60.1 Å². The van der Waals surface area contributed by atoms with E-state index in [9.17, 15) is 9.90 Å². The van der Waals surface area contributed by atoms with Crippen LogP contribution in [0.5, 0.6) is 0 Å². The fourth-order valence-corrected chi connectivity index (χ4v) is 2.84. The summed E-state index contributed by atoms with van der Waals surface area (Å²) in [6.45, 7) is 4.02. The molecule has 7 nitrogen and oxygen atoms in total. The summed E-state index contributed by atoms with van der Waals surface area (Å²) in [6.07, 6.45) is 0.472. The minimum Gasteiger partial charge on any atom is -0.456 e. The molecule has 1 saturated heterocycles. The van der Waals surface area contributed by atoms with Crippen LogP contribution in [-0.2, 0) is 6.54 Å². The quantitative estimate of drug-likeness (QED) is 0.392. The summed E-state index contributed by atoms with van der Waals surface area (Å²) in [7, 11) is 4.05. The van der Waals surface area contributed by atoms with Gasteiger partial charge >= 0.3 is 5.91 Å². The van der Waals surface area contributed by atoms with Crippen molar-refractivity contribution in [1.29, 1.82) is 0 Å². The van der Waals surface area contributed by atoms with Crippen LogP contribution >= 0.6 is 0 Å². The lowest BCUT2D eigenvalue weighted by molar-refractivity contribution is 0.0924. The van der Waals surface area contributed by atoms with Crippen molar-refractivity contribution in [3.8, 4) is 0 Å². The van der Waals surface area contributed by atoms with Gasteiger partial charge in [0.25, 0.3) is 0 Å². The molecule has 1 fully saturated rings. The summed E-state index contributed by atoms with van der Waals surface area (Å²) >= 11 is 0. The zero-order valence-electron chi connectivity index (χ0n) is 12.8. The molecular weight excluding hydrogens is 272 g/mol. The molecule has 2 unspecified atom stereocenters. The highest BCUT2D eigenvalue weighted by Crippen LogP contribution is 2.24. The summed E-state index contributed by atoms with van der Waals surface area (Å²) in [5.74, 6) is 5.60. The third-order valence-electron chi connectivity index (χ3n) is 3.83. The lowest BCUT2D eigenvalue weighted by atomic mass is 10.1. The van der Waals surface area contributed by atoms with Gasteiger partial charge in [0, 0.05) is 31.2 Å². The number of amides is 1. The average Bonchev–Trinajstić information content (AvgIpc) is 2.93. The number of aryl methyl sites for hydroxylation is 1. The summed E-state index contributed by atoms with van der Waals surface area (Å²) < 4.78 is 5.43. The van der Waals surface area contributed by atoms with Gasteiger partial charge in [-0.05, 0) is 33.5 Å². The molecule has 0 saturated carbocycles. The Labute approximate surface area is 124 Å². The van der Waals surface area contributed by atoms with E-state index >= 15 is 0 Å². The van der Waals surface area contributed by atoms with Crippen LogP contribution in [0, 0.1) is 6.92 Å². The zero-order valence-corrected chi connectivity index (χ0v) is 12.8. The van der Waals surface area contributed by atoms with Crippen molar-refractivity contribution in [2.75, 3.05) is 27.2 Å². The Kier molecular flexibility index (Phi) is 5.00. The molecule has 118 valence electrons. The van der Waals surface area contributed by atoms with Crippen LogP contribution in [0.3, 0.4) is 0 Å². The maximum atomic E-state index is 11.5. The smallest absolute Gasteiger partial charge is 0.300 e. The number of aliphatic hydroxyl groups is 1. The Balaban J connectivity index is 2.09. The van der Waals surface area contributed by atoms with Crippen molar-refractivity contribution < 1.29 is 14.3 Å². The molecule has 0 spiro atoms. The van der Waals surface area contributed by atoms with Crippen molar-refractivity contribution in [3.05, 3.63) is 23.2 Å². The second-order valence-electron chi connectivity index (χ2n) is 5.90. The van der Waals surface area contributed by atoms with Gasteiger partial charge in [-0.2, -0.15) is 0 Å². The van der Waals surface area contributed by atoms with E-state index in [2.05, 4.69) is 15.2 Å². The maximum Gasteiger partial charge on any atom is 0.300 e. The van der Waals surface area contributed by atoms with Crippen molar-refractivity contribution in [3.63, 3.8) is 0 Å². The predicted molar refractivity (Wildman–Crippen MR) is 78.5 cm³/mol. The van der Waals surface area contributed by atoms with Gasteiger partial charge in [0.15, 0.2) is 5.76 Å². The van der Waals surface area contributed by atoms with Crippen LogP contribution in [0.2, 0.25) is 0 Å². The van der Waals surface area contributed by atoms with Gasteiger partial charge in [-0.3, -0.25) is 15.1 Å². The molecule has 0 bridgehead atoms. The van der Waals surface area contributed by atoms with E-state index in [0.717, 1.165) is 18.5 Å². The molecule has 21 heavy (non-hydrogen) atoms. The minimum atomic E-state index is -0.435. The molecule has 1 aromatic rings. The number of nitrogens with one attached hydrogen (secondary N) is 1. The fraction of sp³-hybridized carbons (Fsp3) is 0.643. The summed E-state index contributed by atoms with van der Waals surface area (Å²) in [4.78, 5) is 15.8. The molecule has 4 N–H and O–H groups in total. The molecule has 1 amide bonds. The summed E-state index contributed by atoms with van der Waals surface area (Å²) in [5, 5.41) is 9.90. The molecule has 1 aromatic heterocycles. The van der Waals surface area contributed by atoms with E-state index in [4.69, 9.17) is 10.3 Å². The number of rotatable bonds is 5. The third-order valence-corrected chi connectivity index (χ3v) is 3.83. The molecule has 0 radical (unpaired) electrons. The first-order chi connectivity index (χ1) is 9.90. The number of nitrogen functional groups attached to an aromatic ring is 1. The Morgan fingerprint density at radius 1 is 1.62 bits per heavy atom. The Bertz CT molecular complexity index is 500. The SMILES string of the molecule is Cc1oc(C(=O)NN)cc1CN1CC(O)CC1CN(C)C. The van der Waals surface area contributed by atoms with Crippen LogP contribution < -0.4 is 11.3 Å². The number of aliphatic hydroxyl groups excluding tert-OH is 1. The number of hydrazine groups is 1. The summed E-state index contributed by atoms with van der Waals surface area (Å²) in [5.41, 5.74) is 3.01. The number of carbonyl (C=O) groups excluding carboxylic acids is 1. The number of nitrogens with two attached hydrogens (primary N) is 1. The van der Waals surface area contributed by atoms with Crippen molar-refractivity contribution >= 4 is 5.91 Å². The molecular formula is C14H24N4O3. The number of carbonyl (C=O) groups is 1. The molecule has 1 aliphatic heterocycles. The molecule has 7 heteroatoms. The second-order valence-corrected chi connectivity index (χ2v) is 5.90. The van der Waals surface area contributed by atoms with Gasteiger partial charge in [-0.25, -0.2) is 5.84 Å². The van der Waals surface area contributed by atoms with E-state index in [1.165, 1.54) is 0 Å². The number of furan rings is 1. The number of likely N-dealkylation sites (N-methyl/N-ethyl adjacent to an activating group) is 1.